The zero-order valence-electron chi connectivity index (χ0n) is 13.8. The van der Waals surface area contributed by atoms with Crippen LogP contribution in [0.15, 0.2) is 36.7 Å². The molecule has 0 saturated carbocycles. The van der Waals surface area contributed by atoms with Gasteiger partial charge < -0.3 is 10.4 Å². The summed E-state index contributed by atoms with van der Waals surface area (Å²) < 4.78 is 15.0. The maximum absolute atomic E-state index is 13.4. The highest BCUT2D eigenvalue weighted by Gasteiger charge is 2.32. The largest absolute Gasteiger partial charge is 0.383 e. The molecular formula is C17H22FN3O2. The van der Waals surface area contributed by atoms with Crippen LogP contribution < -0.4 is 5.32 Å². The Morgan fingerprint density at radius 1 is 1.35 bits per heavy atom. The molecule has 0 bridgehead atoms. The Labute approximate surface area is 135 Å². The Morgan fingerprint density at radius 3 is 2.61 bits per heavy atom. The van der Waals surface area contributed by atoms with E-state index in [2.05, 4.69) is 10.4 Å². The van der Waals surface area contributed by atoms with Crippen LogP contribution in [0.4, 0.5) is 4.39 Å². The highest BCUT2D eigenvalue weighted by atomic mass is 19.1. The number of aromatic nitrogens is 2. The molecule has 1 heterocycles. The first-order valence-corrected chi connectivity index (χ1v) is 7.39. The first-order chi connectivity index (χ1) is 10.6. The van der Waals surface area contributed by atoms with Crippen molar-refractivity contribution in [1.82, 2.24) is 15.1 Å². The van der Waals surface area contributed by atoms with E-state index in [0.717, 1.165) is 0 Å². The van der Waals surface area contributed by atoms with Crippen molar-refractivity contribution in [2.24, 2.45) is 7.05 Å². The summed E-state index contributed by atoms with van der Waals surface area (Å²) in [5.74, 6) is -0.669. The summed E-state index contributed by atoms with van der Waals surface area (Å²) in [5.41, 5.74) is -0.949. The summed E-state index contributed by atoms with van der Waals surface area (Å²) in [6, 6.07) is 5.97. The number of halogens is 1. The van der Waals surface area contributed by atoms with Crippen LogP contribution in [0.5, 0.6) is 0 Å². The van der Waals surface area contributed by atoms with E-state index in [1.54, 1.807) is 57.0 Å². The molecule has 6 heteroatoms. The molecule has 0 aliphatic rings. The monoisotopic (exact) mass is 319 g/mol. The number of hydrogen-bond acceptors (Lipinski definition) is 3. The third-order valence-electron chi connectivity index (χ3n) is 4.03. The van der Waals surface area contributed by atoms with Crippen molar-refractivity contribution in [3.05, 3.63) is 53.6 Å². The van der Waals surface area contributed by atoms with E-state index in [0.29, 0.717) is 11.1 Å². The Hall–Kier alpha value is -2.21. The van der Waals surface area contributed by atoms with E-state index in [1.165, 1.54) is 12.1 Å². The van der Waals surface area contributed by atoms with Gasteiger partial charge in [0.25, 0.3) is 0 Å². The van der Waals surface area contributed by atoms with Crippen LogP contribution in [0, 0.1) is 5.82 Å². The van der Waals surface area contributed by atoms with Crippen LogP contribution in [0.25, 0.3) is 0 Å². The highest BCUT2D eigenvalue weighted by Crippen LogP contribution is 2.25. The van der Waals surface area contributed by atoms with E-state index in [-0.39, 0.29) is 18.3 Å². The number of hydrogen-bond donors (Lipinski definition) is 2. The van der Waals surface area contributed by atoms with E-state index in [9.17, 15) is 14.3 Å². The van der Waals surface area contributed by atoms with Gasteiger partial charge in [-0.3, -0.25) is 9.48 Å². The zero-order chi connectivity index (χ0) is 17.3. The van der Waals surface area contributed by atoms with Gasteiger partial charge in [0.1, 0.15) is 11.4 Å². The lowest BCUT2D eigenvalue weighted by molar-refractivity contribution is -0.126. The lowest BCUT2D eigenvalue weighted by Gasteiger charge is -2.28. The summed E-state index contributed by atoms with van der Waals surface area (Å²) in [6.07, 6.45) is 3.26. The fourth-order valence-electron chi connectivity index (χ4n) is 2.28. The van der Waals surface area contributed by atoms with E-state index in [1.807, 2.05) is 0 Å². The third-order valence-corrected chi connectivity index (χ3v) is 4.03. The number of carbonyl (C=O) groups is 1. The maximum atomic E-state index is 13.4. The van der Waals surface area contributed by atoms with Crippen LogP contribution in [0.3, 0.4) is 0 Å². The molecule has 2 rings (SSSR count). The van der Waals surface area contributed by atoms with Crippen molar-refractivity contribution < 1.29 is 14.3 Å². The molecule has 23 heavy (non-hydrogen) atoms. The number of aliphatic hydroxyl groups is 1. The van der Waals surface area contributed by atoms with Gasteiger partial charge in [-0.2, -0.15) is 5.10 Å². The van der Waals surface area contributed by atoms with E-state index < -0.39 is 11.0 Å². The number of nitrogens with zero attached hydrogens (tertiary/aromatic N) is 2. The number of nitrogens with one attached hydrogen (secondary N) is 1. The molecule has 5 nitrogen and oxygen atoms in total. The average Bonchev–Trinajstić information content (AvgIpc) is 2.92. The minimum Gasteiger partial charge on any atom is -0.383 e. The fraction of sp³-hybridized carbons (Fsp3) is 0.412. The van der Waals surface area contributed by atoms with Gasteiger partial charge in [0, 0.05) is 18.8 Å². The zero-order valence-corrected chi connectivity index (χ0v) is 13.8. The van der Waals surface area contributed by atoms with Crippen molar-refractivity contribution >= 4 is 5.91 Å². The number of carbonyl (C=O) groups excluding carboxylic acids is 1. The lowest BCUT2D eigenvalue weighted by Crippen LogP contribution is -2.45. The average molecular weight is 319 g/mol. The topological polar surface area (TPSA) is 67.2 Å². The number of aryl methyl sites for hydroxylation is 1. The second-order valence-corrected chi connectivity index (χ2v) is 6.49. The first-order valence-electron chi connectivity index (χ1n) is 7.39. The van der Waals surface area contributed by atoms with Gasteiger partial charge in [0.15, 0.2) is 0 Å². The van der Waals surface area contributed by atoms with Crippen LogP contribution in [-0.4, -0.2) is 27.3 Å². The van der Waals surface area contributed by atoms with Gasteiger partial charge in [0.2, 0.25) is 5.91 Å². The molecule has 0 aliphatic carbocycles. The second kappa shape index (κ2) is 6.12. The molecule has 1 aromatic carbocycles. The summed E-state index contributed by atoms with van der Waals surface area (Å²) in [6.45, 7) is 5.08. The number of rotatable bonds is 5. The second-order valence-electron chi connectivity index (χ2n) is 6.49. The molecule has 1 unspecified atom stereocenters. The smallest absolute Gasteiger partial charge is 0.230 e. The lowest BCUT2D eigenvalue weighted by atomic mass is 9.83. The molecule has 2 aromatic rings. The Balaban J connectivity index is 2.09. The SMILES string of the molecule is Cn1cc(C(C)(O)CNC(=O)C(C)(C)c2cccc(F)c2)cn1. The number of amides is 1. The van der Waals surface area contributed by atoms with Gasteiger partial charge in [-0.1, -0.05) is 12.1 Å². The van der Waals surface area contributed by atoms with Crippen LogP contribution in [0.2, 0.25) is 0 Å². The Morgan fingerprint density at radius 2 is 2.04 bits per heavy atom. The number of benzene rings is 1. The molecule has 1 amide bonds. The third kappa shape index (κ3) is 3.76. The van der Waals surface area contributed by atoms with Crippen molar-refractivity contribution in [2.45, 2.75) is 31.8 Å². The molecule has 0 radical (unpaired) electrons. The van der Waals surface area contributed by atoms with E-state index in [4.69, 9.17) is 0 Å². The summed E-state index contributed by atoms with van der Waals surface area (Å²) >= 11 is 0. The van der Waals surface area contributed by atoms with Crippen LogP contribution >= 0.6 is 0 Å². The van der Waals surface area contributed by atoms with Gasteiger partial charge in [-0.25, -0.2) is 4.39 Å². The van der Waals surface area contributed by atoms with Crippen molar-refractivity contribution in [3.8, 4) is 0 Å². The predicted octanol–water partition coefficient (Wildman–Crippen LogP) is 1.86. The van der Waals surface area contributed by atoms with Crippen molar-refractivity contribution in [3.63, 3.8) is 0 Å². The van der Waals surface area contributed by atoms with Gasteiger partial charge in [-0.05, 0) is 38.5 Å². The molecule has 0 saturated heterocycles. The molecule has 1 atom stereocenters. The van der Waals surface area contributed by atoms with E-state index >= 15 is 0 Å². The minimum atomic E-state index is -1.23. The summed E-state index contributed by atoms with van der Waals surface area (Å²) in [7, 11) is 1.76. The fourth-order valence-corrected chi connectivity index (χ4v) is 2.28. The minimum absolute atomic E-state index is 0.0380. The Kier molecular flexibility index (Phi) is 4.56. The summed E-state index contributed by atoms with van der Waals surface area (Å²) in [5, 5.41) is 17.3. The van der Waals surface area contributed by atoms with Crippen LogP contribution in [0.1, 0.15) is 31.9 Å². The molecular weight excluding hydrogens is 297 g/mol. The van der Waals surface area contributed by atoms with Crippen molar-refractivity contribution in [1.29, 1.82) is 0 Å². The normalized spacial score (nSPS) is 14.3. The molecule has 0 aliphatic heterocycles. The van der Waals surface area contributed by atoms with Crippen LogP contribution in [-0.2, 0) is 22.9 Å². The predicted molar refractivity (Wildman–Crippen MR) is 85.2 cm³/mol. The van der Waals surface area contributed by atoms with Crippen molar-refractivity contribution in [2.75, 3.05) is 6.54 Å². The molecule has 1 aromatic heterocycles. The molecule has 124 valence electrons. The molecule has 2 N–H and O–H groups in total. The van der Waals surface area contributed by atoms with Gasteiger partial charge in [-0.15, -0.1) is 0 Å². The molecule has 0 fully saturated rings. The summed E-state index contributed by atoms with van der Waals surface area (Å²) in [4.78, 5) is 12.5. The maximum Gasteiger partial charge on any atom is 0.230 e. The van der Waals surface area contributed by atoms with Gasteiger partial charge >= 0.3 is 0 Å². The molecule has 0 spiro atoms. The first kappa shape index (κ1) is 17.1. The quantitative estimate of drug-likeness (QED) is 0.884. The van der Waals surface area contributed by atoms with Gasteiger partial charge in [0.05, 0.1) is 18.2 Å². The standard InChI is InChI=1S/C17H22FN3O2/c1-16(2,12-6-5-7-14(18)8-12)15(22)19-11-17(3,23)13-9-20-21(4)10-13/h5-10,23H,11H2,1-4H3,(H,19,22). The highest BCUT2D eigenvalue weighted by molar-refractivity contribution is 5.87. The Bertz CT molecular complexity index is 707.